The van der Waals surface area contributed by atoms with Gasteiger partial charge in [-0.3, -0.25) is 0 Å². The van der Waals surface area contributed by atoms with E-state index in [-0.39, 0.29) is 6.04 Å². The summed E-state index contributed by atoms with van der Waals surface area (Å²) >= 11 is 6.35. The van der Waals surface area contributed by atoms with Gasteiger partial charge in [0, 0.05) is 11.6 Å². The molecule has 96 valence electrons. The first-order valence-corrected chi connectivity index (χ1v) is 6.64. The van der Waals surface area contributed by atoms with E-state index in [0.717, 1.165) is 35.7 Å². The normalized spacial score (nSPS) is 12.7. The maximum atomic E-state index is 6.35. The van der Waals surface area contributed by atoms with E-state index < -0.39 is 0 Å². The molecule has 0 aromatic heterocycles. The van der Waals surface area contributed by atoms with Crippen molar-refractivity contribution >= 4 is 11.6 Å². The van der Waals surface area contributed by atoms with Gasteiger partial charge in [0.1, 0.15) is 0 Å². The molecule has 1 aromatic carbocycles. The number of nitrogens with one attached hydrogen (secondary N) is 1. The second kappa shape index (κ2) is 7.70. The fourth-order valence-corrected chi connectivity index (χ4v) is 2.01. The summed E-state index contributed by atoms with van der Waals surface area (Å²) in [6, 6.07) is 6.33. The lowest BCUT2D eigenvalue weighted by molar-refractivity contribution is 0.123. The zero-order chi connectivity index (χ0) is 12.7. The van der Waals surface area contributed by atoms with Crippen LogP contribution in [0.25, 0.3) is 0 Å². The molecule has 0 aliphatic carbocycles. The van der Waals surface area contributed by atoms with E-state index in [2.05, 4.69) is 18.3 Å². The van der Waals surface area contributed by atoms with Crippen LogP contribution in [0.5, 0.6) is 0 Å². The predicted molar refractivity (Wildman–Crippen MR) is 73.7 cm³/mol. The van der Waals surface area contributed by atoms with Crippen molar-refractivity contribution in [1.82, 2.24) is 5.32 Å². The van der Waals surface area contributed by atoms with Crippen LogP contribution in [0.1, 0.15) is 37.4 Å². The Morgan fingerprint density at radius 1 is 1.35 bits per heavy atom. The lowest BCUT2D eigenvalue weighted by Crippen LogP contribution is -2.26. The summed E-state index contributed by atoms with van der Waals surface area (Å²) in [5.41, 5.74) is 2.25. The Morgan fingerprint density at radius 2 is 2.12 bits per heavy atom. The van der Waals surface area contributed by atoms with Crippen LogP contribution in [0.2, 0.25) is 5.02 Å². The fourth-order valence-electron chi connectivity index (χ4n) is 1.75. The topological polar surface area (TPSA) is 21.3 Å². The Bertz CT molecular complexity index is 333. The van der Waals surface area contributed by atoms with Crippen molar-refractivity contribution in [2.45, 2.75) is 33.2 Å². The molecule has 17 heavy (non-hydrogen) atoms. The van der Waals surface area contributed by atoms with Crippen molar-refractivity contribution in [1.29, 1.82) is 0 Å². The summed E-state index contributed by atoms with van der Waals surface area (Å²) < 4.78 is 5.52. The minimum Gasteiger partial charge on any atom is -0.380 e. The smallest absolute Gasteiger partial charge is 0.0661 e. The molecule has 0 saturated heterocycles. The molecule has 0 aliphatic heterocycles. The standard InChI is InChI=1S/C14H22ClNO/c1-4-9-16-13(10-17-5-2)12-8-6-7-11(3)14(12)15/h6-8,13,16H,4-5,9-10H2,1-3H3. The van der Waals surface area contributed by atoms with Gasteiger partial charge >= 0.3 is 0 Å². The van der Waals surface area contributed by atoms with Gasteiger partial charge in [-0.15, -0.1) is 0 Å². The molecule has 3 heteroatoms. The number of ether oxygens (including phenoxy) is 1. The summed E-state index contributed by atoms with van der Waals surface area (Å²) in [6.07, 6.45) is 1.10. The minimum atomic E-state index is 0.183. The van der Waals surface area contributed by atoms with E-state index in [4.69, 9.17) is 16.3 Å². The Balaban J connectivity index is 2.83. The molecule has 0 spiro atoms. The average Bonchev–Trinajstić information content (AvgIpc) is 2.34. The van der Waals surface area contributed by atoms with Crippen LogP contribution in [0, 0.1) is 6.92 Å². The summed E-state index contributed by atoms with van der Waals surface area (Å²) in [7, 11) is 0. The van der Waals surface area contributed by atoms with Crippen molar-refractivity contribution < 1.29 is 4.74 Å². The number of benzene rings is 1. The summed E-state index contributed by atoms with van der Waals surface area (Å²) in [5.74, 6) is 0. The third-order valence-corrected chi connectivity index (χ3v) is 3.24. The van der Waals surface area contributed by atoms with Crippen LogP contribution in [0.4, 0.5) is 0 Å². The number of aryl methyl sites for hydroxylation is 1. The molecular formula is C14H22ClNO. The first-order chi connectivity index (χ1) is 8.20. The highest BCUT2D eigenvalue weighted by molar-refractivity contribution is 6.32. The highest BCUT2D eigenvalue weighted by Crippen LogP contribution is 2.26. The van der Waals surface area contributed by atoms with E-state index in [1.54, 1.807) is 0 Å². The van der Waals surface area contributed by atoms with Crippen LogP contribution >= 0.6 is 11.6 Å². The van der Waals surface area contributed by atoms with Gasteiger partial charge < -0.3 is 10.1 Å². The molecule has 1 atom stereocenters. The molecule has 0 radical (unpaired) electrons. The van der Waals surface area contributed by atoms with Crippen molar-refractivity contribution in [3.8, 4) is 0 Å². The van der Waals surface area contributed by atoms with E-state index in [0.29, 0.717) is 6.61 Å². The lowest BCUT2D eigenvalue weighted by Gasteiger charge is -2.20. The first kappa shape index (κ1) is 14.5. The zero-order valence-corrected chi connectivity index (χ0v) is 11.7. The molecule has 0 fully saturated rings. The lowest BCUT2D eigenvalue weighted by atomic mass is 10.0. The van der Waals surface area contributed by atoms with Crippen molar-refractivity contribution in [2.75, 3.05) is 19.8 Å². The Hall–Kier alpha value is -0.570. The van der Waals surface area contributed by atoms with Crippen molar-refractivity contribution in [3.63, 3.8) is 0 Å². The van der Waals surface area contributed by atoms with E-state index in [1.807, 2.05) is 26.0 Å². The largest absolute Gasteiger partial charge is 0.380 e. The average molecular weight is 256 g/mol. The van der Waals surface area contributed by atoms with Gasteiger partial charge in [-0.05, 0) is 37.9 Å². The highest BCUT2D eigenvalue weighted by atomic mass is 35.5. The number of rotatable bonds is 7. The number of hydrogen-bond donors (Lipinski definition) is 1. The van der Waals surface area contributed by atoms with Gasteiger partial charge in [-0.2, -0.15) is 0 Å². The molecule has 1 N–H and O–H groups in total. The van der Waals surface area contributed by atoms with Crippen LogP contribution < -0.4 is 5.32 Å². The Labute approximate surface area is 109 Å². The molecule has 0 saturated carbocycles. The van der Waals surface area contributed by atoms with E-state index >= 15 is 0 Å². The molecule has 0 amide bonds. The van der Waals surface area contributed by atoms with E-state index in [1.165, 1.54) is 0 Å². The SMILES string of the molecule is CCCNC(COCC)c1cccc(C)c1Cl. The van der Waals surface area contributed by atoms with Crippen LogP contribution in [0.3, 0.4) is 0 Å². The molecular weight excluding hydrogens is 234 g/mol. The molecule has 1 unspecified atom stereocenters. The van der Waals surface area contributed by atoms with Crippen molar-refractivity contribution in [3.05, 3.63) is 34.3 Å². The van der Waals surface area contributed by atoms with Gasteiger partial charge in [0.05, 0.1) is 12.6 Å². The summed E-state index contributed by atoms with van der Waals surface area (Å²) in [4.78, 5) is 0. The first-order valence-electron chi connectivity index (χ1n) is 6.26. The Kier molecular flexibility index (Phi) is 6.56. The number of hydrogen-bond acceptors (Lipinski definition) is 2. The second-order valence-electron chi connectivity index (χ2n) is 4.14. The molecule has 0 heterocycles. The minimum absolute atomic E-state index is 0.183. The van der Waals surface area contributed by atoms with Crippen molar-refractivity contribution in [2.24, 2.45) is 0 Å². The number of halogens is 1. The summed E-state index contributed by atoms with van der Waals surface area (Å²) in [6.45, 7) is 8.57. The quantitative estimate of drug-likeness (QED) is 0.802. The van der Waals surface area contributed by atoms with Crippen LogP contribution in [0.15, 0.2) is 18.2 Å². The molecule has 0 aliphatic rings. The molecule has 0 bridgehead atoms. The van der Waals surface area contributed by atoms with Gasteiger partial charge in [-0.1, -0.05) is 36.7 Å². The fraction of sp³-hybridized carbons (Fsp3) is 0.571. The van der Waals surface area contributed by atoms with Gasteiger partial charge in [-0.25, -0.2) is 0 Å². The second-order valence-corrected chi connectivity index (χ2v) is 4.52. The zero-order valence-electron chi connectivity index (χ0n) is 10.9. The maximum absolute atomic E-state index is 6.35. The third-order valence-electron chi connectivity index (χ3n) is 2.73. The molecule has 2 nitrogen and oxygen atoms in total. The van der Waals surface area contributed by atoms with E-state index in [9.17, 15) is 0 Å². The monoisotopic (exact) mass is 255 g/mol. The van der Waals surface area contributed by atoms with Gasteiger partial charge in [0.25, 0.3) is 0 Å². The van der Waals surface area contributed by atoms with Crippen LogP contribution in [-0.4, -0.2) is 19.8 Å². The predicted octanol–water partition coefficient (Wildman–Crippen LogP) is 3.73. The molecule has 1 rings (SSSR count). The van der Waals surface area contributed by atoms with Gasteiger partial charge in [0.2, 0.25) is 0 Å². The summed E-state index contributed by atoms with van der Waals surface area (Å²) in [5, 5.41) is 4.33. The Morgan fingerprint density at radius 3 is 2.76 bits per heavy atom. The molecule has 1 aromatic rings. The van der Waals surface area contributed by atoms with Crippen LogP contribution in [-0.2, 0) is 4.74 Å². The highest BCUT2D eigenvalue weighted by Gasteiger charge is 2.14. The maximum Gasteiger partial charge on any atom is 0.0661 e. The third kappa shape index (κ3) is 4.30. The van der Waals surface area contributed by atoms with Gasteiger partial charge in [0.15, 0.2) is 0 Å².